The van der Waals surface area contributed by atoms with Crippen LogP contribution in [0, 0.1) is 12.7 Å². The summed E-state index contributed by atoms with van der Waals surface area (Å²) >= 11 is 1.29. The maximum Gasteiger partial charge on any atom is 0.234 e. The number of nitrogens with one attached hydrogen (secondary N) is 1. The number of halogens is 1. The molecule has 6 nitrogen and oxygen atoms in total. The van der Waals surface area contributed by atoms with E-state index < -0.39 is 0 Å². The summed E-state index contributed by atoms with van der Waals surface area (Å²) in [5.41, 5.74) is 2.41. The van der Waals surface area contributed by atoms with E-state index in [2.05, 4.69) is 35.4 Å². The maximum absolute atomic E-state index is 13.5. The molecule has 3 rings (SSSR count). The topological polar surface area (TPSA) is 69.0 Å². The van der Waals surface area contributed by atoms with E-state index >= 15 is 0 Å². The number of ether oxygens (including phenoxy) is 1. The Morgan fingerprint density at radius 2 is 1.85 bits per heavy atom. The number of benzene rings is 2. The average molecular weight is 471 g/mol. The van der Waals surface area contributed by atoms with E-state index in [0.717, 1.165) is 16.9 Å². The molecule has 0 saturated heterocycles. The Morgan fingerprint density at radius 1 is 1.12 bits per heavy atom. The van der Waals surface area contributed by atoms with Crippen molar-refractivity contribution in [1.82, 2.24) is 14.8 Å². The average Bonchev–Trinajstić information content (AvgIpc) is 3.19. The number of aryl methyl sites for hydroxylation is 1. The standard InChI is InChI=1S/C25H31FN4O2S/c1-15(2)20-9-7-8-10-22(20)32-18(6)24-28-29-25(30(24)16(3)4)33-14-23(31)27-21-13-19(26)12-11-17(21)5/h7-13,15-16,18H,14H2,1-6H3,(H,27,31). The Hall–Kier alpha value is -2.87. The zero-order valence-electron chi connectivity index (χ0n) is 19.9. The molecule has 1 N–H and O–H groups in total. The summed E-state index contributed by atoms with van der Waals surface area (Å²) in [5, 5.41) is 12.1. The lowest BCUT2D eigenvalue weighted by atomic mass is 10.0. The van der Waals surface area contributed by atoms with Crippen LogP contribution in [-0.4, -0.2) is 26.4 Å². The minimum atomic E-state index is -0.388. The predicted molar refractivity (Wildman–Crippen MR) is 130 cm³/mol. The molecule has 1 heterocycles. The van der Waals surface area contributed by atoms with Gasteiger partial charge < -0.3 is 14.6 Å². The normalized spacial score (nSPS) is 12.3. The molecule has 0 bridgehead atoms. The number of anilines is 1. The summed E-state index contributed by atoms with van der Waals surface area (Å²) in [5.74, 6) is 1.38. The fraction of sp³-hybridized carbons (Fsp3) is 0.400. The van der Waals surface area contributed by atoms with Gasteiger partial charge in [-0.3, -0.25) is 4.79 Å². The molecule has 0 saturated carbocycles. The third kappa shape index (κ3) is 6.13. The van der Waals surface area contributed by atoms with E-state index in [9.17, 15) is 9.18 Å². The Balaban J connectivity index is 1.73. The van der Waals surface area contributed by atoms with Crippen molar-refractivity contribution < 1.29 is 13.9 Å². The molecule has 0 fully saturated rings. The van der Waals surface area contributed by atoms with Crippen LogP contribution < -0.4 is 10.1 Å². The SMILES string of the molecule is Cc1ccc(F)cc1NC(=O)CSc1nnc(C(C)Oc2ccccc2C(C)C)n1C(C)C. The first-order valence-electron chi connectivity index (χ1n) is 11.1. The molecule has 1 aromatic heterocycles. The van der Waals surface area contributed by atoms with E-state index in [0.29, 0.717) is 22.6 Å². The summed E-state index contributed by atoms with van der Waals surface area (Å²) in [4.78, 5) is 12.5. The maximum atomic E-state index is 13.5. The molecular formula is C25H31FN4O2S. The Bertz CT molecular complexity index is 1110. The summed E-state index contributed by atoms with van der Waals surface area (Å²) in [7, 11) is 0. The van der Waals surface area contributed by atoms with E-state index in [1.807, 2.05) is 50.5 Å². The highest BCUT2D eigenvalue weighted by Gasteiger charge is 2.23. The van der Waals surface area contributed by atoms with Crippen molar-refractivity contribution in [3.8, 4) is 5.75 Å². The van der Waals surface area contributed by atoms with Crippen LogP contribution in [0.3, 0.4) is 0 Å². The van der Waals surface area contributed by atoms with E-state index in [1.54, 1.807) is 6.07 Å². The molecule has 33 heavy (non-hydrogen) atoms. The number of carbonyl (C=O) groups is 1. The molecule has 0 aliphatic carbocycles. The molecule has 8 heteroatoms. The molecule has 0 spiro atoms. The van der Waals surface area contributed by atoms with Gasteiger partial charge >= 0.3 is 0 Å². The van der Waals surface area contributed by atoms with Crippen molar-refractivity contribution in [2.24, 2.45) is 0 Å². The van der Waals surface area contributed by atoms with Crippen molar-refractivity contribution >= 4 is 23.4 Å². The number of para-hydroxylation sites is 1. The van der Waals surface area contributed by atoms with Gasteiger partial charge in [0.25, 0.3) is 0 Å². The smallest absolute Gasteiger partial charge is 0.234 e. The summed E-state index contributed by atoms with van der Waals surface area (Å²) in [6, 6.07) is 12.4. The largest absolute Gasteiger partial charge is 0.482 e. The number of hydrogen-bond donors (Lipinski definition) is 1. The molecule has 0 aliphatic rings. The van der Waals surface area contributed by atoms with Crippen LogP contribution in [0.4, 0.5) is 10.1 Å². The van der Waals surface area contributed by atoms with E-state index in [4.69, 9.17) is 4.74 Å². The Morgan fingerprint density at radius 3 is 2.55 bits per heavy atom. The van der Waals surface area contributed by atoms with Crippen LogP contribution in [-0.2, 0) is 4.79 Å². The minimum Gasteiger partial charge on any atom is -0.482 e. The molecule has 176 valence electrons. The summed E-state index contributed by atoms with van der Waals surface area (Å²) < 4.78 is 21.8. The number of rotatable bonds is 9. The zero-order chi connectivity index (χ0) is 24.1. The van der Waals surface area contributed by atoms with Crippen molar-refractivity contribution in [3.63, 3.8) is 0 Å². The molecule has 1 amide bonds. The number of aromatic nitrogens is 3. The summed E-state index contributed by atoms with van der Waals surface area (Å²) in [6.45, 7) is 12.1. The second-order valence-corrected chi connectivity index (χ2v) is 9.50. The molecule has 3 aromatic rings. The Labute approximate surface area is 199 Å². The van der Waals surface area contributed by atoms with Gasteiger partial charge in [0.15, 0.2) is 17.1 Å². The first-order chi connectivity index (χ1) is 15.7. The quantitative estimate of drug-likeness (QED) is 0.372. The highest BCUT2D eigenvalue weighted by Crippen LogP contribution is 2.32. The second-order valence-electron chi connectivity index (χ2n) is 8.55. The van der Waals surface area contributed by atoms with Crippen LogP contribution in [0.25, 0.3) is 0 Å². The molecule has 2 aromatic carbocycles. The second kappa shape index (κ2) is 10.8. The van der Waals surface area contributed by atoms with E-state index in [-0.39, 0.29) is 29.6 Å². The lowest BCUT2D eigenvalue weighted by molar-refractivity contribution is -0.113. The number of thioether (sulfide) groups is 1. The lowest BCUT2D eigenvalue weighted by Gasteiger charge is -2.21. The fourth-order valence-corrected chi connectivity index (χ4v) is 4.38. The number of nitrogens with zero attached hydrogens (tertiary/aromatic N) is 3. The zero-order valence-corrected chi connectivity index (χ0v) is 20.7. The van der Waals surface area contributed by atoms with Crippen LogP contribution in [0.2, 0.25) is 0 Å². The predicted octanol–water partition coefficient (Wildman–Crippen LogP) is 6.30. The van der Waals surface area contributed by atoms with Crippen molar-refractivity contribution in [2.45, 2.75) is 64.8 Å². The van der Waals surface area contributed by atoms with Gasteiger partial charge in [-0.25, -0.2) is 4.39 Å². The third-order valence-electron chi connectivity index (χ3n) is 5.22. The molecule has 1 unspecified atom stereocenters. The monoisotopic (exact) mass is 470 g/mol. The molecule has 0 radical (unpaired) electrons. The van der Waals surface area contributed by atoms with E-state index in [1.165, 1.54) is 23.9 Å². The van der Waals surface area contributed by atoms with Gasteiger partial charge in [0.2, 0.25) is 5.91 Å². The number of hydrogen-bond acceptors (Lipinski definition) is 5. The fourth-order valence-electron chi connectivity index (χ4n) is 3.50. The van der Waals surface area contributed by atoms with Gasteiger partial charge in [-0.15, -0.1) is 10.2 Å². The molecule has 0 aliphatic heterocycles. The first kappa shape index (κ1) is 24.8. The van der Waals surface area contributed by atoms with Crippen LogP contribution in [0.1, 0.15) is 69.6 Å². The number of carbonyl (C=O) groups excluding carboxylic acids is 1. The highest BCUT2D eigenvalue weighted by molar-refractivity contribution is 7.99. The molecular weight excluding hydrogens is 439 g/mol. The number of amides is 1. The van der Waals surface area contributed by atoms with Crippen molar-refractivity contribution in [3.05, 3.63) is 65.2 Å². The summed E-state index contributed by atoms with van der Waals surface area (Å²) in [6.07, 6.45) is -0.321. The van der Waals surface area contributed by atoms with Crippen molar-refractivity contribution in [2.75, 3.05) is 11.1 Å². The first-order valence-corrected chi connectivity index (χ1v) is 12.0. The molecule has 1 atom stereocenters. The van der Waals surface area contributed by atoms with Crippen molar-refractivity contribution in [1.29, 1.82) is 0 Å². The lowest BCUT2D eigenvalue weighted by Crippen LogP contribution is -2.17. The van der Waals surface area contributed by atoms with Crippen LogP contribution in [0.15, 0.2) is 47.6 Å². The highest BCUT2D eigenvalue weighted by atomic mass is 32.2. The van der Waals surface area contributed by atoms with Gasteiger partial charge in [0.05, 0.1) is 5.75 Å². The van der Waals surface area contributed by atoms with Gasteiger partial charge in [0, 0.05) is 11.7 Å². The van der Waals surface area contributed by atoms with Gasteiger partial charge in [-0.05, 0) is 62.9 Å². The van der Waals surface area contributed by atoms with Crippen LogP contribution in [0.5, 0.6) is 5.75 Å². The van der Waals surface area contributed by atoms with Gasteiger partial charge in [-0.1, -0.05) is 49.9 Å². The Kier molecular flexibility index (Phi) is 8.13. The van der Waals surface area contributed by atoms with Gasteiger partial charge in [0.1, 0.15) is 11.6 Å². The van der Waals surface area contributed by atoms with Crippen LogP contribution >= 0.6 is 11.8 Å². The van der Waals surface area contributed by atoms with Gasteiger partial charge in [-0.2, -0.15) is 0 Å². The minimum absolute atomic E-state index is 0.0809. The third-order valence-corrected chi connectivity index (χ3v) is 6.16.